The summed E-state index contributed by atoms with van der Waals surface area (Å²) in [5.74, 6) is 0.861. The lowest BCUT2D eigenvalue weighted by Gasteiger charge is -2.34. The normalized spacial score (nSPS) is 25.2. The summed E-state index contributed by atoms with van der Waals surface area (Å²) < 4.78 is 16.3. The summed E-state index contributed by atoms with van der Waals surface area (Å²) in [5, 5.41) is 9.23. The van der Waals surface area contributed by atoms with Crippen molar-refractivity contribution < 1.29 is 24.1 Å². The summed E-state index contributed by atoms with van der Waals surface area (Å²) in [6.45, 7) is 0. The predicted octanol–water partition coefficient (Wildman–Crippen LogP) is 1.81. The zero-order valence-corrected chi connectivity index (χ0v) is 12.3. The highest BCUT2D eigenvalue weighted by Gasteiger charge is 2.40. The molecule has 1 aromatic carbocycles. The molecule has 6 heteroatoms. The second-order valence-electron chi connectivity index (χ2n) is 5.35. The van der Waals surface area contributed by atoms with Crippen LogP contribution in [-0.2, 0) is 4.79 Å². The van der Waals surface area contributed by atoms with Crippen molar-refractivity contribution in [2.45, 2.75) is 37.3 Å². The van der Waals surface area contributed by atoms with Crippen molar-refractivity contribution in [3.05, 3.63) is 18.2 Å². The monoisotopic (exact) mass is 295 g/mol. The van der Waals surface area contributed by atoms with E-state index >= 15 is 0 Å². The van der Waals surface area contributed by atoms with E-state index in [9.17, 15) is 9.90 Å². The molecule has 6 nitrogen and oxygen atoms in total. The molecule has 1 aromatic rings. The number of rotatable bonds is 5. The molecule has 2 unspecified atom stereocenters. The molecule has 0 saturated heterocycles. The van der Waals surface area contributed by atoms with Crippen LogP contribution in [0.5, 0.6) is 17.2 Å². The zero-order valence-electron chi connectivity index (χ0n) is 12.3. The van der Waals surface area contributed by atoms with Gasteiger partial charge in [0.05, 0.1) is 14.2 Å². The van der Waals surface area contributed by atoms with Crippen LogP contribution < -0.4 is 19.9 Å². The average molecular weight is 295 g/mol. The number of hydrogen-bond donors (Lipinski definition) is 2. The Labute approximate surface area is 123 Å². The maximum atomic E-state index is 11.3. The fourth-order valence-electron chi connectivity index (χ4n) is 2.59. The molecule has 1 aliphatic rings. The highest BCUT2D eigenvalue weighted by molar-refractivity contribution is 5.78. The lowest BCUT2D eigenvalue weighted by Crippen LogP contribution is -2.53. The van der Waals surface area contributed by atoms with Crippen molar-refractivity contribution in [3.63, 3.8) is 0 Å². The number of benzene rings is 1. The topological polar surface area (TPSA) is 91.0 Å². The van der Waals surface area contributed by atoms with Crippen LogP contribution in [0.2, 0.25) is 0 Å². The number of carboxylic acid groups (broad SMARTS) is 1. The number of methoxy groups -OCH3 is 2. The van der Waals surface area contributed by atoms with E-state index in [1.807, 2.05) is 0 Å². The number of ether oxygens (including phenoxy) is 3. The van der Waals surface area contributed by atoms with Gasteiger partial charge >= 0.3 is 5.97 Å². The van der Waals surface area contributed by atoms with Gasteiger partial charge in [0.1, 0.15) is 28.9 Å². The van der Waals surface area contributed by atoms with Crippen molar-refractivity contribution in [2.75, 3.05) is 14.2 Å². The molecule has 0 bridgehead atoms. The maximum absolute atomic E-state index is 11.3. The number of hydrogen-bond acceptors (Lipinski definition) is 5. The third kappa shape index (κ3) is 3.58. The van der Waals surface area contributed by atoms with Gasteiger partial charge in [0.15, 0.2) is 0 Å². The van der Waals surface area contributed by atoms with Crippen LogP contribution in [0.1, 0.15) is 25.7 Å². The molecule has 2 atom stereocenters. The van der Waals surface area contributed by atoms with E-state index in [1.165, 1.54) is 0 Å². The van der Waals surface area contributed by atoms with Gasteiger partial charge in [-0.3, -0.25) is 4.79 Å². The van der Waals surface area contributed by atoms with Crippen LogP contribution in [0.15, 0.2) is 18.2 Å². The Morgan fingerprint density at radius 3 is 2.33 bits per heavy atom. The Bertz CT molecular complexity index is 497. The van der Waals surface area contributed by atoms with Gasteiger partial charge in [0.2, 0.25) is 0 Å². The Morgan fingerprint density at radius 1 is 1.24 bits per heavy atom. The van der Waals surface area contributed by atoms with Crippen LogP contribution >= 0.6 is 0 Å². The quantitative estimate of drug-likeness (QED) is 0.861. The molecular weight excluding hydrogens is 274 g/mol. The number of nitrogens with two attached hydrogens (primary N) is 1. The maximum Gasteiger partial charge on any atom is 0.323 e. The van der Waals surface area contributed by atoms with Gasteiger partial charge in [-0.05, 0) is 19.3 Å². The lowest BCUT2D eigenvalue weighted by molar-refractivity contribution is -0.145. The van der Waals surface area contributed by atoms with Gasteiger partial charge in [-0.1, -0.05) is 0 Å². The summed E-state index contributed by atoms with van der Waals surface area (Å²) in [6, 6.07) is 5.24. The van der Waals surface area contributed by atoms with Crippen molar-refractivity contribution in [1.29, 1.82) is 0 Å². The van der Waals surface area contributed by atoms with E-state index in [1.54, 1.807) is 32.4 Å². The predicted molar refractivity (Wildman–Crippen MR) is 77.0 cm³/mol. The van der Waals surface area contributed by atoms with E-state index in [0.29, 0.717) is 30.1 Å². The molecule has 0 radical (unpaired) electrons. The molecule has 1 aliphatic carbocycles. The van der Waals surface area contributed by atoms with Crippen molar-refractivity contribution in [3.8, 4) is 17.2 Å². The minimum atomic E-state index is -1.20. The Balaban J connectivity index is 2.12. The molecular formula is C15H21NO5. The van der Waals surface area contributed by atoms with Crippen molar-refractivity contribution >= 4 is 5.97 Å². The largest absolute Gasteiger partial charge is 0.496 e. The van der Waals surface area contributed by atoms with E-state index in [4.69, 9.17) is 19.9 Å². The molecule has 0 aliphatic heterocycles. The summed E-state index contributed by atoms with van der Waals surface area (Å²) in [6.07, 6.45) is 2.06. The number of aliphatic carboxylic acids is 1. The number of carbonyl (C=O) groups is 1. The molecule has 1 fully saturated rings. The third-order valence-electron chi connectivity index (χ3n) is 3.79. The second kappa shape index (κ2) is 6.22. The Morgan fingerprint density at radius 2 is 1.81 bits per heavy atom. The highest BCUT2D eigenvalue weighted by atomic mass is 16.5. The zero-order chi connectivity index (χ0) is 15.5. The van der Waals surface area contributed by atoms with Crippen molar-refractivity contribution in [1.82, 2.24) is 0 Å². The fourth-order valence-corrected chi connectivity index (χ4v) is 2.59. The minimum absolute atomic E-state index is 0.225. The molecule has 0 spiro atoms. The van der Waals surface area contributed by atoms with Crippen LogP contribution in [0.25, 0.3) is 0 Å². The van der Waals surface area contributed by atoms with Crippen molar-refractivity contribution in [2.24, 2.45) is 5.73 Å². The number of carboxylic acids is 1. The lowest BCUT2D eigenvalue weighted by atomic mass is 9.81. The molecule has 1 saturated carbocycles. The SMILES string of the molecule is COc1cc(OC)cc(OC2CCCC(N)(C(=O)O)C2)c1. The van der Waals surface area contributed by atoms with E-state index in [0.717, 1.165) is 12.8 Å². The fraction of sp³-hybridized carbons (Fsp3) is 0.533. The molecule has 0 amide bonds. The first-order valence-corrected chi connectivity index (χ1v) is 6.89. The molecule has 0 heterocycles. The smallest absolute Gasteiger partial charge is 0.323 e. The summed E-state index contributed by atoms with van der Waals surface area (Å²) >= 11 is 0. The molecule has 116 valence electrons. The summed E-state index contributed by atoms with van der Waals surface area (Å²) in [7, 11) is 3.13. The van der Waals surface area contributed by atoms with Crippen LogP contribution in [-0.4, -0.2) is 36.9 Å². The first kappa shape index (κ1) is 15.4. The molecule has 0 aromatic heterocycles. The van der Waals surface area contributed by atoms with Crippen LogP contribution in [0.4, 0.5) is 0 Å². The summed E-state index contributed by atoms with van der Waals surface area (Å²) in [4.78, 5) is 11.3. The third-order valence-corrected chi connectivity index (χ3v) is 3.79. The Kier molecular flexibility index (Phi) is 4.57. The minimum Gasteiger partial charge on any atom is -0.496 e. The highest BCUT2D eigenvalue weighted by Crippen LogP contribution is 2.33. The van der Waals surface area contributed by atoms with Gasteiger partial charge in [0, 0.05) is 24.6 Å². The second-order valence-corrected chi connectivity index (χ2v) is 5.35. The van der Waals surface area contributed by atoms with Gasteiger partial charge in [-0.15, -0.1) is 0 Å². The van der Waals surface area contributed by atoms with Gasteiger partial charge in [-0.25, -0.2) is 0 Å². The summed E-state index contributed by atoms with van der Waals surface area (Å²) in [5.41, 5.74) is 4.73. The standard InChI is InChI=1S/C15H21NO5/c1-19-11-6-12(20-2)8-13(7-11)21-10-4-3-5-15(16,9-10)14(17)18/h6-8,10H,3-5,9,16H2,1-2H3,(H,17,18). The van der Waals surface area contributed by atoms with Gasteiger partial charge in [0.25, 0.3) is 0 Å². The van der Waals surface area contributed by atoms with E-state index in [2.05, 4.69) is 0 Å². The van der Waals surface area contributed by atoms with Crippen LogP contribution in [0.3, 0.4) is 0 Å². The van der Waals surface area contributed by atoms with Gasteiger partial charge < -0.3 is 25.1 Å². The molecule has 2 rings (SSSR count). The molecule has 3 N–H and O–H groups in total. The first-order valence-electron chi connectivity index (χ1n) is 6.89. The van der Waals surface area contributed by atoms with E-state index < -0.39 is 11.5 Å². The molecule has 21 heavy (non-hydrogen) atoms. The van der Waals surface area contributed by atoms with E-state index in [-0.39, 0.29) is 6.10 Å². The Hall–Kier alpha value is -1.95. The van der Waals surface area contributed by atoms with Crippen LogP contribution in [0, 0.1) is 0 Å². The van der Waals surface area contributed by atoms with Gasteiger partial charge in [-0.2, -0.15) is 0 Å². The average Bonchev–Trinajstić information content (AvgIpc) is 2.46. The first-order chi connectivity index (χ1) is 9.96.